The second-order valence-electron chi connectivity index (χ2n) is 8.00. The summed E-state index contributed by atoms with van der Waals surface area (Å²) >= 11 is 0. The topological polar surface area (TPSA) is 50.1 Å². The first-order valence-corrected chi connectivity index (χ1v) is 10.1. The summed E-state index contributed by atoms with van der Waals surface area (Å²) in [6.45, 7) is 2.06. The molecular formula is C23H28FNO2. The lowest BCUT2D eigenvalue weighted by molar-refractivity contribution is -0.153. The van der Waals surface area contributed by atoms with Crippen LogP contribution in [0, 0.1) is 34.4 Å². The molecule has 3 rings (SSSR count). The number of halogens is 1. The maximum absolute atomic E-state index is 13.9. The highest BCUT2D eigenvalue weighted by Crippen LogP contribution is 2.50. The van der Waals surface area contributed by atoms with E-state index in [2.05, 4.69) is 19.1 Å². The van der Waals surface area contributed by atoms with Gasteiger partial charge >= 0.3 is 5.97 Å². The van der Waals surface area contributed by atoms with Crippen LogP contribution in [0.3, 0.4) is 0 Å². The van der Waals surface area contributed by atoms with Gasteiger partial charge in [-0.1, -0.05) is 31.4 Å². The van der Waals surface area contributed by atoms with Crippen LogP contribution in [-0.2, 0) is 4.79 Å². The van der Waals surface area contributed by atoms with Gasteiger partial charge in [-0.25, -0.2) is 4.39 Å². The molecule has 2 aliphatic rings. The zero-order valence-electron chi connectivity index (χ0n) is 16.0. The summed E-state index contributed by atoms with van der Waals surface area (Å²) in [6, 6.07) is 5.82. The third-order valence-electron chi connectivity index (χ3n) is 6.44. The minimum absolute atomic E-state index is 0.0375. The Morgan fingerprint density at radius 3 is 2.52 bits per heavy atom. The van der Waals surface area contributed by atoms with Gasteiger partial charge in [0.15, 0.2) is 0 Å². The van der Waals surface area contributed by atoms with Crippen LogP contribution in [0.5, 0.6) is 5.75 Å². The normalized spacial score (nSPS) is 25.1. The molecular weight excluding hydrogens is 341 g/mol. The molecule has 0 saturated heterocycles. The fourth-order valence-corrected chi connectivity index (χ4v) is 4.96. The zero-order chi connectivity index (χ0) is 19.3. The van der Waals surface area contributed by atoms with Gasteiger partial charge in [0.2, 0.25) is 0 Å². The van der Waals surface area contributed by atoms with Crippen molar-refractivity contribution < 1.29 is 13.9 Å². The molecule has 144 valence electrons. The first-order chi connectivity index (χ1) is 13.1. The summed E-state index contributed by atoms with van der Waals surface area (Å²) in [5, 5.41) is 8.86. The summed E-state index contributed by atoms with van der Waals surface area (Å²) in [5.74, 6) is 0.308. The van der Waals surface area contributed by atoms with E-state index in [0.29, 0.717) is 11.8 Å². The predicted octanol–water partition coefficient (Wildman–Crippen LogP) is 5.94. The van der Waals surface area contributed by atoms with E-state index in [4.69, 9.17) is 10.00 Å². The summed E-state index contributed by atoms with van der Waals surface area (Å²) in [4.78, 5) is 13.2. The fourth-order valence-electron chi connectivity index (χ4n) is 4.96. The number of allylic oxidation sites excluding steroid dienone is 2. The van der Waals surface area contributed by atoms with Crippen molar-refractivity contribution in [2.75, 3.05) is 0 Å². The third kappa shape index (κ3) is 4.24. The molecule has 0 heterocycles. The Bertz CT molecular complexity index is 735. The van der Waals surface area contributed by atoms with Gasteiger partial charge in [0.1, 0.15) is 17.6 Å². The molecule has 27 heavy (non-hydrogen) atoms. The van der Waals surface area contributed by atoms with Crippen LogP contribution in [0.2, 0.25) is 0 Å². The van der Waals surface area contributed by atoms with Crippen molar-refractivity contribution in [1.29, 1.82) is 5.26 Å². The minimum Gasteiger partial charge on any atom is -0.426 e. The van der Waals surface area contributed by atoms with E-state index < -0.39 is 11.2 Å². The molecule has 4 heteroatoms. The maximum Gasteiger partial charge on any atom is 0.317 e. The van der Waals surface area contributed by atoms with Crippen LogP contribution in [0.25, 0.3) is 0 Å². The Labute approximate surface area is 161 Å². The van der Waals surface area contributed by atoms with Gasteiger partial charge in [0.25, 0.3) is 0 Å². The van der Waals surface area contributed by atoms with E-state index in [1.165, 1.54) is 12.1 Å². The highest BCUT2D eigenvalue weighted by molar-refractivity contribution is 5.79. The maximum atomic E-state index is 13.9. The van der Waals surface area contributed by atoms with Gasteiger partial charge in [0, 0.05) is 6.07 Å². The summed E-state index contributed by atoms with van der Waals surface area (Å²) < 4.78 is 19.6. The fraction of sp³-hybridized carbons (Fsp3) is 0.565. The van der Waals surface area contributed by atoms with Gasteiger partial charge in [-0.2, -0.15) is 5.26 Å². The number of nitriles is 1. The van der Waals surface area contributed by atoms with Crippen molar-refractivity contribution in [3.8, 4) is 11.8 Å². The monoisotopic (exact) mass is 369 g/mol. The van der Waals surface area contributed by atoms with Crippen LogP contribution in [-0.4, -0.2) is 5.97 Å². The highest BCUT2D eigenvalue weighted by Gasteiger charge is 2.48. The number of benzene rings is 1. The quantitative estimate of drug-likeness (QED) is 0.375. The zero-order valence-corrected chi connectivity index (χ0v) is 16.0. The Hall–Kier alpha value is -2.15. The lowest BCUT2D eigenvalue weighted by Gasteiger charge is -2.44. The molecule has 0 atom stereocenters. The number of carbonyl (C=O) groups excluding carboxylic acids is 1. The average Bonchev–Trinajstić information content (AvgIpc) is 2.69. The molecule has 3 nitrogen and oxygen atoms in total. The van der Waals surface area contributed by atoms with Crippen molar-refractivity contribution in [1.82, 2.24) is 0 Å². The van der Waals surface area contributed by atoms with E-state index in [1.807, 2.05) is 0 Å². The number of rotatable bonds is 4. The predicted molar refractivity (Wildman–Crippen MR) is 103 cm³/mol. The van der Waals surface area contributed by atoms with Crippen molar-refractivity contribution in [2.24, 2.45) is 17.3 Å². The SMILES string of the molecule is C/C=C/[C@H]1CC[C@H](C2(C(=O)Oc3ccc(C#N)c(F)c3)CCCCC2)CC1. The Morgan fingerprint density at radius 2 is 1.93 bits per heavy atom. The summed E-state index contributed by atoms with van der Waals surface area (Å²) in [6.07, 6.45) is 13.7. The molecule has 0 N–H and O–H groups in total. The molecule has 0 aliphatic heterocycles. The van der Waals surface area contributed by atoms with E-state index in [9.17, 15) is 9.18 Å². The number of nitrogens with zero attached hydrogens (tertiary/aromatic N) is 1. The van der Waals surface area contributed by atoms with Gasteiger partial charge in [-0.15, -0.1) is 0 Å². The third-order valence-corrected chi connectivity index (χ3v) is 6.44. The molecule has 0 aromatic heterocycles. The summed E-state index contributed by atoms with van der Waals surface area (Å²) in [7, 11) is 0. The smallest absolute Gasteiger partial charge is 0.317 e. The van der Waals surface area contributed by atoms with Gasteiger partial charge in [-0.05, 0) is 69.4 Å². The van der Waals surface area contributed by atoms with Crippen molar-refractivity contribution in [2.45, 2.75) is 64.7 Å². The highest BCUT2D eigenvalue weighted by atomic mass is 19.1. The molecule has 0 radical (unpaired) electrons. The number of hydrogen-bond acceptors (Lipinski definition) is 3. The molecule has 0 unspecified atom stereocenters. The number of hydrogen-bond donors (Lipinski definition) is 0. The lowest BCUT2D eigenvalue weighted by atomic mass is 9.60. The molecule has 0 bridgehead atoms. The molecule has 2 saturated carbocycles. The molecule has 2 fully saturated rings. The molecule has 0 amide bonds. The van der Waals surface area contributed by atoms with Crippen molar-refractivity contribution >= 4 is 5.97 Å². The van der Waals surface area contributed by atoms with Crippen LogP contribution in [0.1, 0.15) is 70.3 Å². The average molecular weight is 369 g/mol. The van der Waals surface area contributed by atoms with Gasteiger partial charge < -0.3 is 4.74 Å². The van der Waals surface area contributed by atoms with Crippen LogP contribution < -0.4 is 4.74 Å². The lowest BCUT2D eigenvalue weighted by Crippen LogP contribution is -2.44. The molecule has 2 aliphatic carbocycles. The van der Waals surface area contributed by atoms with E-state index in [-0.39, 0.29) is 17.3 Å². The number of carbonyl (C=O) groups is 1. The standard InChI is InChI=1S/C23H28FNO2/c1-2-6-17-7-10-19(11-8-17)23(13-4-3-5-14-23)22(26)27-20-12-9-18(16-25)21(24)15-20/h2,6,9,12,15,17,19H,3-5,7-8,10-11,13-14H2,1H3/b6-2+/t17-,19-. The molecule has 0 spiro atoms. The van der Waals surface area contributed by atoms with Crippen molar-refractivity contribution in [3.63, 3.8) is 0 Å². The number of esters is 1. The summed E-state index contributed by atoms with van der Waals surface area (Å²) in [5.41, 5.74) is -0.478. The number of ether oxygens (including phenoxy) is 1. The Morgan fingerprint density at radius 1 is 1.22 bits per heavy atom. The van der Waals surface area contributed by atoms with Crippen molar-refractivity contribution in [3.05, 3.63) is 41.7 Å². The van der Waals surface area contributed by atoms with E-state index in [0.717, 1.165) is 63.9 Å². The van der Waals surface area contributed by atoms with E-state index in [1.54, 1.807) is 6.07 Å². The second-order valence-corrected chi connectivity index (χ2v) is 8.00. The largest absolute Gasteiger partial charge is 0.426 e. The van der Waals surface area contributed by atoms with Gasteiger partial charge in [-0.3, -0.25) is 4.79 Å². The Kier molecular flexibility index (Phi) is 6.31. The molecule has 1 aromatic carbocycles. The Balaban J connectivity index is 1.77. The van der Waals surface area contributed by atoms with E-state index >= 15 is 0 Å². The van der Waals surface area contributed by atoms with Crippen LogP contribution in [0.15, 0.2) is 30.4 Å². The first-order valence-electron chi connectivity index (χ1n) is 10.1. The molecule has 1 aromatic rings. The minimum atomic E-state index is -0.646. The van der Waals surface area contributed by atoms with Gasteiger partial charge in [0.05, 0.1) is 11.0 Å². The van der Waals surface area contributed by atoms with Crippen LogP contribution >= 0.6 is 0 Å². The first kappa shape index (κ1) is 19.6. The van der Waals surface area contributed by atoms with Crippen LogP contribution in [0.4, 0.5) is 4.39 Å². The second kappa shape index (κ2) is 8.69.